The normalized spacial score (nSPS) is 17.8. The van der Waals surface area contributed by atoms with Crippen LogP contribution in [0.5, 0.6) is 0 Å². The van der Waals surface area contributed by atoms with Crippen molar-refractivity contribution < 1.29 is 13.2 Å². The van der Waals surface area contributed by atoms with Crippen LogP contribution in [0.15, 0.2) is 35.4 Å². The number of benzene rings is 1. The molecule has 1 saturated heterocycles. The van der Waals surface area contributed by atoms with Crippen molar-refractivity contribution in [1.82, 2.24) is 19.4 Å². The molecule has 0 aliphatic carbocycles. The fourth-order valence-corrected chi connectivity index (χ4v) is 6.90. The van der Waals surface area contributed by atoms with Crippen LogP contribution in [0, 0.1) is 6.92 Å². The zero-order valence-corrected chi connectivity index (χ0v) is 19.2. The van der Waals surface area contributed by atoms with E-state index < -0.39 is 10.0 Å². The minimum absolute atomic E-state index is 0.0270. The number of nitrogens with one attached hydrogen (secondary N) is 1. The highest BCUT2D eigenvalue weighted by Crippen LogP contribution is 2.41. The second-order valence-corrected chi connectivity index (χ2v) is 11.0. The molecule has 2 aromatic heterocycles. The van der Waals surface area contributed by atoms with Crippen molar-refractivity contribution in [2.24, 2.45) is 7.05 Å². The van der Waals surface area contributed by atoms with Crippen LogP contribution in [0.3, 0.4) is 0 Å². The average molecular weight is 447 g/mol. The van der Waals surface area contributed by atoms with E-state index in [0.717, 1.165) is 15.6 Å². The van der Waals surface area contributed by atoms with E-state index in [0.29, 0.717) is 30.1 Å². The van der Waals surface area contributed by atoms with Crippen molar-refractivity contribution >= 4 is 37.4 Å². The largest absolute Gasteiger partial charge is 0.349 e. The molecule has 0 radical (unpaired) electrons. The summed E-state index contributed by atoms with van der Waals surface area (Å²) in [5.74, 6) is -0.119. The number of fused-ring (bicyclic) bond motifs is 1. The molecule has 1 fully saturated rings. The third-order valence-corrected chi connectivity index (χ3v) is 8.78. The molecule has 1 unspecified atom stereocenters. The lowest BCUT2D eigenvalue weighted by Gasteiger charge is -2.17. The number of carbonyl (C=O) groups is 1. The fourth-order valence-electron chi connectivity index (χ4n) is 4.02. The Kier molecular flexibility index (Phi) is 5.46. The number of amides is 1. The lowest BCUT2D eigenvalue weighted by molar-refractivity contribution is 0.0946. The van der Waals surface area contributed by atoms with Crippen LogP contribution in [0.25, 0.3) is 10.1 Å². The highest BCUT2D eigenvalue weighted by molar-refractivity contribution is 7.89. The minimum Gasteiger partial charge on any atom is -0.349 e. The summed E-state index contributed by atoms with van der Waals surface area (Å²) in [6, 6.07) is 7.99. The second kappa shape index (κ2) is 7.79. The summed E-state index contributed by atoms with van der Waals surface area (Å²) < 4.78 is 30.6. The van der Waals surface area contributed by atoms with Crippen molar-refractivity contribution in [3.8, 4) is 0 Å². The first kappa shape index (κ1) is 21.0. The summed E-state index contributed by atoms with van der Waals surface area (Å²) >= 11 is 1.48. The van der Waals surface area contributed by atoms with Gasteiger partial charge in [-0.1, -0.05) is 18.2 Å². The van der Waals surface area contributed by atoms with E-state index in [1.807, 2.05) is 38.1 Å². The molecule has 0 saturated carbocycles. The van der Waals surface area contributed by atoms with Crippen molar-refractivity contribution in [1.29, 1.82) is 0 Å². The van der Waals surface area contributed by atoms with Gasteiger partial charge in [0.05, 0.1) is 16.8 Å². The Bertz CT molecular complexity index is 1210. The molecule has 9 heteroatoms. The zero-order valence-electron chi connectivity index (χ0n) is 17.5. The minimum atomic E-state index is -3.63. The molecule has 30 heavy (non-hydrogen) atoms. The average Bonchev–Trinajstić information content (AvgIpc) is 3.39. The highest BCUT2D eigenvalue weighted by Gasteiger charge is 2.37. The van der Waals surface area contributed by atoms with Gasteiger partial charge in [-0.2, -0.15) is 9.40 Å². The lowest BCUT2D eigenvalue weighted by atomic mass is 9.95. The maximum atomic E-state index is 13.2. The molecule has 3 aromatic rings. The number of sulfonamides is 1. The van der Waals surface area contributed by atoms with Crippen LogP contribution >= 0.6 is 11.3 Å². The number of aromatic nitrogens is 2. The van der Waals surface area contributed by atoms with Crippen LogP contribution in [0.2, 0.25) is 0 Å². The number of carbonyl (C=O) groups excluding carboxylic acids is 1. The van der Waals surface area contributed by atoms with Crippen LogP contribution in [-0.2, 0) is 17.1 Å². The first-order chi connectivity index (χ1) is 14.2. The topological polar surface area (TPSA) is 84.3 Å². The quantitative estimate of drug-likeness (QED) is 0.652. The molecular weight excluding hydrogens is 420 g/mol. The third kappa shape index (κ3) is 3.55. The Morgan fingerprint density at radius 1 is 1.30 bits per heavy atom. The SMILES string of the molecule is Cc1c(S(=O)(=O)N2CCC(c3c(C(=O)NC(C)C)sc4ccccc34)C2)cnn1C. The van der Waals surface area contributed by atoms with Gasteiger partial charge in [0.1, 0.15) is 4.90 Å². The van der Waals surface area contributed by atoms with E-state index in [2.05, 4.69) is 10.4 Å². The number of rotatable bonds is 5. The third-order valence-electron chi connectivity index (χ3n) is 5.63. The summed E-state index contributed by atoms with van der Waals surface area (Å²) in [6.07, 6.45) is 2.10. The molecular formula is C21H26N4O3S2. The molecule has 4 rings (SSSR count). The summed E-state index contributed by atoms with van der Waals surface area (Å²) in [7, 11) is -1.89. The van der Waals surface area contributed by atoms with E-state index >= 15 is 0 Å². The number of nitrogens with zero attached hydrogens (tertiary/aromatic N) is 3. The van der Waals surface area contributed by atoms with Gasteiger partial charge in [0.25, 0.3) is 5.91 Å². The Balaban J connectivity index is 1.70. The van der Waals surface area contributed by atoms with Crippen molar-refractivity contribution in [2.75, 3.05) is 13.1 Å². The van der Waals surface area contributed by atoms with Crippen LogP contribution in [0.1, 0.15) is 47.1 Å². The number of hydrogen-bond acceptors (Lipinski definition) is 5. The Morgan fingerprint density at radius 2 is 2.03 bits per heavy atom. The van der Waals surface area contributed by atoms with Gasteiger partial charge in [-0.25, -0.2) is 8.42 Å². The monoisotopic (exact) mass is 446 g/mol. The molecule has 1 N–H and O–H groups in total. The zero-order chi connectivity index (χ0) is 21.6. The van der Waals surface area contributed by atoms with Crippen molar-refractivity contribution in [2.45, 2.75) is 44.0 Å². The first-order valence-electron chi connectivity index (χ1n) is 10.0. The molecule has 7 nitrogen and oxygen atoms in total. The molecule has 1 aromatic carbocycles. The highest BCUT2D eigenvalue weighted by atomic mass is 32.2. The Labute approximate surface area is 180 Å². The van der Waals surface area contributed by atoms with Gasteiger partial charge in [0, 0.05) is 36.8 Å². The molecule has 0 bridgehead atoms. The Morgan fingerprint density at radius 3 is 2.70 bits per heavy atom. The molecule has 1 atom stereocenters. The standard InChI is InChI=1S/C21H26N4O3S2/c1-13(2)23-21(26)20-19(16-7-5-6-8-17(16)29-20)15-9-10-25(12-15)30(27,28)18-11-22-24(4)14(18)3/h5-8,11,13,15H,9-10,12H2,1-4H3,(H,23,26). The lowest BCUT2D eigenvalue weighted by Crippen LogP contribution is -2.31. The molecule has 1 amide bonds. The summed E-state index contributed by atoms with van der Waals surface area (Å²) in [5.41, 5.74) is 1.59. The maximum absolute atomic E-state index is 13.2. The second-order valence-electron chi connectivity index (χ2n) is 8.04. The smallest absolute Gasteiger partial charge is 0.261 e. The molecule has 1 aliphatic heterocycles. The first-order valence-corrected chi connectivity index (χ1v) is 12.3. The van der Waals surface area contributed by atoms with Gasteiger partial charge >= 0.3 is 0 Å². The predicted octanol–water partition coefficient (Wildman–Crippen LogP) is 3.26. The molecule has 3 heterocycles. The van der Waals surface area contributed by atoms with Crippen molar-refractivity contribution in [3.05, 3.63) is 46.6 Å². The van der Waals surface area contributed by atoms with Crippen LogP contribution in [-0.4, -0.2) is 47.5 Å². The number of aryl methyl sites for hydroxylation is 1. The van der Waals surface area contributed by atoms with E-state index in [4.69, 9.17) is 0 Å². The van der Waals surface area contributed by atoms with Crippen LogP contribution < -0.4 is 5.32 Å². The summed E-state index contributed by atoms with van der Waals surface area (Å²) in [4.78, 5) is 13.8. The van der Waals surface area contributed by atoms with Gasteiger partial charge in [0.15, 0.2) is 0 Å². The van der Waals surface area contributed by atoms with E-state index in [1.165, 1.54) is 21.8 Å². The van der Waals surface area contributed by atoms with Crippen LogP contribution in [0.4, 0.5) is 0 Å². The predicted molar refractivity (Wildman–Crippen MR) is 118 cm³/mol. The van der Waals surface area contributed by atoms with E-state index in [-0.39, 0.29) is 22.8 Å². The van der Waals surface area contributed by atoms with Gasteiger partial charge in [-0.3, -0.25) is 9.48 Å². The molecule has 0 spiro atoms. The van der Waals surface area contributed by atoms with E-state index in [1.54, 1.807) is 18.7 Å². The van der Waals surface area contributed by atoms with Gasteiger partial charge < -0.3 is 5.32 Å². The van der Waals surface area contributed by atoms with Gasteiger partial charge in [-0.15, -0.1) is 11.3 Å². The maximum Gasteiger partial charge on any atom is 0.261 e. The molecule has 1 aliphatic rings. The molecule has 160 valence electrons. The van der Waals surface area contributed by atoms with Gasteiger partial charge in [-0.05, 0) is 44.2 Å². The number of thiophene rings is 1. The Hall–Kier alpha value is -2.23. The summed E-state index contributed by atoms with van der Waals surface area (Å²) in [6.45, 7) is 6.42. The van der Waals surface area contributed by atoms with Gasteiger partial charge in [0.2, 0.25) is 10.0 Å². The fraction of sp³-hybridized carbons (Fsp3) is 0.429. The van der Waals surface area contributed by atoms with E-state index in [9.17, 15) is 13.2 Å². The van der Waals surface area contributed by atoms with Crippen molar-refractivity contribution in [3.63, 3.8) is 0 Å². The number of hydrogen-bond donors (Lipinski definition) is 1. The summed E-state index contributed by atoms with van der Waals surface area (Å²) in [5, 5.41) is 8.12.